The number of methoxy groups -OCH3 is 1. The normalized spacial score (nSPS) is 10.7. The summed E-state index contributed by atoms with van der Waals surface area (Å²) >= 11 is 0. The van der Waals surface area contributed by atoms with Crippen molar-refractivity contribution in [2.45, 2.75) is 4.90 Å². The number of carbonyl (C=O) groups is 1. The molecule has 0 fully saturated rings. The molecule has 1 aromatic heterocycles. The van der Waals surface area contributed by atoms with E-state index in [9.17, 15) is 17.6 Å². The summed E-state index contributed by atoms with van der Waals surface area (Å²) in [5.74, 6) is 0.274. The van der Waals surface area contributed by atoms with Gasteiger partial charge in [-0.25, -0.2) is 13.2 Å². The monoisotopic (exact) mass is 417 g/mol. The summed E-state index contributed by atoms with van der Waals surface area (Å²) in [6, 6.07) is 9.97. The fraction of sp³-hybridized carbons (Fsp3) is 0.0556. The molecule has 148 valence electrons. The van der Waals surface area contributed by atoms with Crippen molar-refractivity contribution >= 4 is 15.9 Å². The highest BCUT2D eigenvalue weighted by Gasteiger charge is 2.19. The molecule has 0 saturated carbocycles. The Balaban J connectivity index is 1.96. The van der Waals surface area contributed by atoms with E-state index in [4.69, 9.17) is 14.6 Å². The van der Waals surface area contributed by atoms with Gasteiger partial charge in [0.2, 0.25) is 21.5 Å². The number of hydrogen-bond donors (Lipinski definition) is 1. The highest BCUT2D eigenvalue weighted by molar-refractivity contribution is 7.96. The zero-order valence-electron chi connectivity index (χ0n) is 14.7. The van der Waals surface area contributed by atoms with Crippen molar-refractivity contribution < 1.29 is 32.2 Å². The summed E-state index contributed by atoms with van der Waals surface area (Å²) in [6.07, 6.45) is -0.487. The first-order valence-electron chi connectivity index (χ1n) is 7.84. The fourth-order valence-electron chi connectivity index (χ4n) is 2.24. The Bertz CT molecular complexity index is 1230. The maximum Gasteiger partial charge on any atom is 0.436 e. The minimum Gasteiger partial charge on any atom is -0.492 e. The summed E-state index contributed by atoms with van der Waals surface area (Å²) in [6.45, 7) is 0. The summed E-state index contributed by atoms with van der Waals surface area (Å²) in [4.78, 5) is 11.0. The molecule has 0 radical (unpaired) electrons. The quantitative estimate of drug-likeness (QED) is 0.643. The number of benzene rings is 2. The van der Waals surface area contributed by atoms with Gasteiger partial charge in [0, 0.05) is 5.25 Å². The zero-order valence-corrected chi connectivity index (χ0v) is 15.6. The number of aromatic nitrogens is 3. The number of sulfone groups is 1. The third-order valence-electron chi connectivity index (χ3n) is 3.55. The Morgan fingerprint density at radius 2 is 1.93 bits per heavy atom. The van der Waals surface area contributed by atoms with Crippen LogP contribution in [0.15, 0.2) is 53.6 Å². The number of hydrogen-bond acceptors (Lipinski definition) is 7. The predicted octanol–water partition coefficient (Wildman–Crippen LogP) is 2.53. The van der Waals surface area contributed by atoms with E-state index >= 15 is 0 Å². The Morgan fingerprint density at radius 3 is 2.59 bits per heavy atom. The van der Waals surface area contributed by atoms with E-state index in [1.54, 1.807) is 18.2 Å². The van der Waals surface area contributed by atoms with Crippen molar-refractivity contribution in [2.24, 2.45) is 0 Å². The van der Waals surface area contributed by atoms with Crippen LogP contribution in [0.3, 0.4) is 0 Å². The van der Waals surface area contributed by atoms with Gasteiger partial charge in [0.05, 0.1) is 17.6 Å². The molecule has 9 nitrogen and oxygen atoms in total. The second kappa shape index (κ2) is 7.99. The maximum atomic E-state index is 14.7. The Hall–Kier alpha value is -3.91. The molecular weight excluding hydrogens is 405 g/mol. The van der Waals surface area contributed by atoms with Crippen molar-refractivity contribution in [2.75, 3.05) is 7.11 Å². The number of halogens is 1. The van der Waals surface area contributed by atoms with Crippen LogP contribution in [0.2, 0.25) is 0 Å². The van der Waals surface area contributed by atoms with Gasteiger partial charge in [-0.3, -0.25) is 0 Å². The SMILES string of the molecule is COc1c(C#CS(=O)(=O)c2ccccc2)ccc(Oc2cnnn2C(=O)O)c1F. The molecule has 2 aromatic carbocycles. The number of carboxylic acid groups (broad SMARTS) is 1. The minimum atomic E-state index is -3.92. The molecule has 0 atom stereocenters. The Labute approximate surface area is 164 Å². The van der Waals surface area contributed by atoms with E-state index < -0.39 is 21.7 Å². The molecule has 3 aromatic rings. The van der Waals surface area contributed by atoms with Gasteiger partial charge in [0.25, 0.3) is 0 Å². The minimum absolute atomic E-state index is 0.00123. The lowest BCUT2D eigenvalue weighted by molar-refractivity contribution is 0.188. The molecule has 0 bridgehead atoms. The Morgan fingerprint density at radius 1 is 1.21 bits per heavy atom. The van der Waals surface area contributed by atoms with Crippen LogP contribution in [0.1, 0.15) is 5.56 Å². The fourth-order valence-corrected chi connectivity index (χ4v) is 3.11. The van der Waals surface area contributed by atoms with E-state index in [1.807, 2.05) is 0 Å². The third-order valence-corrected chi connectivity index (χ3v) is 4.82. The first-order chi connectivity index (χ1) is 13.8. The van der Waals surface area contributed by atoms with Gasteiger partial charge in [-0.1, -0.05) is 23.4 Å². The molecule has 0 saturated heterocycles. The van der Waals surface area contributed by atoms with Crippen LogP contribution in [-0.4, -0.2) is 41.7 Å². The average molecular weight is 417 g/mol. The van der Waals surface area contributed by atoms with Crippen LogP contribution in [0.25, 0.3) is 0 Å². The second-order valence-electron chi connectivity index (χ2n) is 5.37. The first kappa shape index (κ1) is 19.8. The third kappa shape index (κ3) is 4.17. The van der Waals surface area contributed by atoms with E-state index in [2.05, 4.69) is 21.5 Å². The van der Waals surface area contributed by atoms with E-state index in [0.717, 1.165) is 12.3 Å². The second-order valence-corrected chi connectivity index (χ2v) is 7.05. The molecule has 0 unspecified atom stereocenters. The van der Waals surface area contributed by atoms with E-state index in [-0.39, 0.29) is 27.8 Å². The smallest absolute Gasteiger partial charge is 0.436 e. The highest BCUT2D eigenvalue weighted by atomic mass is 32.2. The molecule has 29 heavy (non-hydrogen) atoms. The summed E-state index contributed by atoms with van der Waals surface area (Å²) in [5.41, 5.74) is -0.0401. The summed E-state index contributed by atoms with van der Waals surface area (Å²) in [7, 11) is -2.75. The first-order valence-corrected chi connectivity index (χ1v) is 9.33. The van der Waals surface area contributed by atoms with Crippen LogP contribution < -0.4 is 9.47 Å². The molecule has 1 N–H and O–H groups in total. The van der Waals surface area contributed by atoms with Crippen LogP contribution in [-0.2, 0) is 9.84 Å². The van der Waals surface area contributed by atoms with Gasteiger partial charge in [-0.05, 0) is 30.2 Å². The topological polar surface area (TPSA) is 121 Å². The molecule has 3 rings (SSSR count). The van der Waals surface area contributed by atoms with E-state index in [0.29, 0.717) is 4.68 Å². The van der Waals surface area contributed by atoms with Crippen molar-refractivity contribution in [3.8, 4) is 28.6 Å². The molecule has 11 heteroatoms. The lowest BCUT2D eigenvalue weighted by atomic mass is 10.2. The molecule has 1 heterocycles. The van der Waals surface area contributed by atoms with Crippen molar-refractivity contribution in [3.63, 3.8) is 0 Å². The Kier molecular flexibility index (Phi) is 5.47. The van der Waals surface area contributed by atoms with Crippen molar-refractivity contribution in [3.05, 3.63) is 60.0 Å². The lowest BCUT2D eigenvalue weighted by Gasteiger charge is -2.10. The summed E-state index contributed by atoms with van der Waals surface area (Å²) < 4.78 is 49.8. The standard InChI is InChI=1S/C18H12FN3O6S/c1-27-17-12(9-10-29(25,26)13-5-3-2-4-6-13)7-8-14(16(17)19)28-15-11-20-21-22(15)18(23)24/h2-8,11H,1H3,(H,23,24). The van der Waals surface area contributed by atoms with Crippen molar-refractivity contribution in [1.29, 1.82) is 0 Å². The highest BCUT2D eigenvalue weighted by Crippen LogP contribution is 2.32. The number of rotatable bonds is 4. The molecular formula is C18H12FN3O6S. The van der Waals surface area contributed by atoms with Gasteiger partial charge in [-0.2, -0.15) is 4.39 Å². The van der Waals surface area contributed by atoms with Gasteiger partial charge in [0.1, 0.15) is 6.20 Å². The van der Waals surface area contributed by atoms with Crippen LogP contribution in [0, 0.1) is 17.0 Å². The largest absolute Gasteiger partial charge is 0.492 e. The van der Waals surface area contributed by atoms with Crippen molar-refractivity contribution in [1.82, 2.24) is 15.0 Å². The van der Waals surface area contributed by atoms with Crippen LogP contribution in [0.5, 0.6) is 17.4 Å². The lowest BCUT2D eigenvalue weighted by Crippen LogP contribution is -2.11. The molecule has 0 aliphatic rings. The molecule has 0 aliphatic carbocycles. The number of ether oxygens (including phenoxy) is 2. The molecule has 0 amide bonds. The molecule has 0 spiro atoms. The van der Waals surface area contributed by atoms with Crippen LogP contribution in [0.4, 0.5) is 9.18 Å². The average Bonchev–Trinajstić information content (AvgIpc) is 3.17. The zero-order chi connectivity index (χ0) is 21.0. The van der Waals surface area contributed by atoms with Crippen LogP contribution >= 0.6 is 0 Å². The predicted molar refractivity (Wildman–Crippen MR) is 97.0 cm³/mol. The summed E-state index contributed by atoms with van der Waals surface area (Å²) in [5, 5.41) is 17.8. The molecule has 0 aliphatic heterocycles. The van der Waals surface area contributed by atoms with Gasteiger partial charge in [0.15, 0.2) is 11.5 Å². The number of nitrogens with zero attached hydrogens (tertiary/aromatic N) is 3. The van der Waals surface area contributed by atoms with Gasteiger partial charge in [-0.15, -0.1) is 9.78 Å². The van der Waals surface area contributed by atoms with Gasteiger partial charge >= 0.3 is 6.09 Å². The van der Waals surface area contributed by atoms with Gasteiger partial charge < -0.3 is 14.6 Å². The maximum absolute atomic E-state index is 14.7. The van der Waals surface area contributed by atoms with E-state index in [1.165, 1.54) is 25.3 Å².